The molecule has 2 amide bonds. The van der Waals surface area contributed by atoms with Crippen LogP contribution in [0.3, 0.4) is 0 Å². The molecular formula is C15H18N4O3. The molecule has 7 heteroatoms. The molecule has 7 nitrogen and oxygen atoms in total. The standard InChI is InChI=1S/C15H18N4O3/c1-3-22-13-7-5-4-6-11(13)9-16-18-14(20)8-12-10(2)17-19-15(12)21/h4-7,9,12,17H,2-3,8H2,1H3,(H,18,20)(H,19,21). The van der Waals surface area contributed by atoms with Gasteiger partial charge in [-0.15, -0.1) is 0 Å². The maximum Gasteiger partial charge on any atom is 0.247 e. The third-order valence-electron chi connectivity index (χ3n) is 3.08. The monoisotopic (exact) mass is 302 g/mol. The summed E-state index contributed by atoms with van der Waals surface area (Å²) in [4.78, 5) is 23.2. The molecule has 1 fully saturated rings. The van der Waals surface area contributed by atoms with Crippen LogP contribution in [0.4, 0.5) is 0 Å². The topological polar surface area (TPSA) is 91.8 Å². The number of nitrogens with one attached hydrogen (secondary N) is 3. The van der Waals surface area contributed by atoms with Crippen molar-refractivity contribution in [2.75, 3.05) is 6.61 Å². The number of carbonyl (C=O) groups is 2. The van der Waals surface area contributed by atoms with Gasteiger partial charge in [-0.3, -0.25) is 15.0 Å². The minimum absolute atomic E-state index is 0.0118. The van der Waals surface area contributed by atoms with Crippen molar-refractivity contribution in [1.82, 2.24) is 16.3 Å². The Hall–Kier alpha value is -2.83. The van der Waals surface area contributed by atoms with E-state index >= 15 is 0 Å². The second kappa shape index (κ2) is 7.26. The highest BCUT2D eigenvalue weighted by Crippen LogP contribution is 2.16. The van der Waals surface area contributed by atoms with Gasteiger partial charge in [0.25, 0.3) is 0 Å². The average molecular weight is 302 g/mol. The number of nitrogens with zero attached hydrogens (tertiary/aromatic N) is 1. The number of para-hydroxylation sites is 1. The normalized spacial score (nSPS) is 17.2. The summed E-state index contributed by atoms with van der Waals surface area (Å²) in [5.41, 5.74) is 8.63. The number of ether oxygens (including phenoxy) is 1. The van der Waals surface area contributed by atoms with E-state index in [1.54, 1.807) is 0 Å². The maximum atomic E-state index is 11.8. The van der Waals surface area contributed by atoms with Gasteiger partial charge in [0.05, 0.1) is 18.7 Å². The largest absolute Gasteiger partial charge is 0.493 e. The highest BCUT2D eigenvalue weighted by Gasteiger charge is 2.29. The molecule has 1 unspecified atom stereocenters. The van der Waals surface area contributed by atoms with Crippen molar-refractivity contribution in [2.24, 2.45) is 11.0 Å². The summed E-state index contributed by atoms with van der Waals surface area (Å²) in [6.07, 6.45) is 1.49. The van der Waals surface area contributed by atoms with Gasteiger partial charge in [-0.2, -0.15) is 5.10 Å². The van der Waals surface area contributed by atoms with Crippen LogP contribution in [0.25, 0.3) is 0 Å². The molecule has 0 aliphatic carbocycles. The fourth-order valence-corrected chi connectivity index (χ4v) is 1.97. The van der Waals surface area contributed by atoms with Gasteiger partial charge in [-0.05, 0) is 19.1 Å². The summed E-state index contributed by atoms with van der Waals surface area (Å²) < 4.78 is 5.45. The molecule has 116 valence electrons. The van der Waals surface area contributed by atoms with E-state index in [9.17, 15) is 9.59 Å². The van der Waals surface area contributed by atoms with E-state index in [-0.39, 0.29) is 18.2 Å². The van der Waals surface area contributed by atoms with E-state index in [0.717, 1.165) is 5.56 Å². The van der Waals surface area contributed by atoms with Crippen molar-refractivity contribution in [3.8, 4) is 5.75 Å². The number of benzene rings is 1. The molecule has 1 heterocycles. The van der Waals surface area contributed by atoms with E-state index in [0.29, 0.717) is 18.1 Å². The zero-order valence-electron chi connectivity index (χ0n) is 12.3. The van der Waals surface area contributed by atoms with Crippen LogP contribution in [-0.2, 0) is 9.59 Å². The predicted octanol–water partition coefficient (Wildman–Crippen LogP) is 0.690. The lowest BCUT2D eigenvalue weighted by atomic mass is 10.0. The lowest BCUT2D eigenvalue weighted by molar-refractivity contribution is -0.127. The SMILES string of the molecule is C=C1NNC(=O)C1CC(=O)NN=Cc1ccccc1OCC. The Kier molecular flexibility index (Phi) is 5.13. The molecule has 0 spiro atoms. The van der Waals surface area contributed by atoms with Gasteiger partial charge < -0.3 is 10.2 Å². The van der Waals surface area contributed by atoms with Crippen LogP contribution >= 0.6 is 0 Å². The number of hydrazine groups is 1. The second-order valence-electron chi connectivity index (χ2n) is 4.66. The van der Waals surface area contributed by atoms with Crippen LogP contribution in [0.15, 0.2) is 41.6 Å². The maximum absolute atomic E-state index is 11.8. The van der Waals surface area contributed by atoms with Gasteiger partial charge in [-0.25, -0.2) is 5.43 Å². The highest BCUT2D eigenvalue weighted by molar-refractivity contribution is 5.90. The molecule has 3 N–H and O–H groups in total. The number of amides is 2. The van der Waals surface area contributed by atoms with Gasteiger partial charge in [0.2, 0.25) is 11.8 Å². The molecule has 1 atom stereocenters. The summed E-state index contributed by atoms with van der Waals surface area (Å²) in [5.74, 6) is -0.525. The summed E-state index contributed by atoms with van der Waals surface area (Å²) in [6, 6.07) is 7.37. The quantitative estimate of drug-likeness (QED) is 0.532. The van der Waals surface area contributed by atoms with Gasteiger partial charge >= 0.3 is 0 Å². The number of hydrogen-bond donors (Lipinski definition) is 3. The van der Waals surface area contributed by atoms with Crippen LogP contribution in [0.2, 0.25) is 0 Å². The number of hydrazone groups is 1. The zero-order chi connectivity index (χ0) is 15.9. The third kappa shape index (κ3) is 3.85. The first kappa shape index (κ1) is 15.6. The first-order valence-electron chi connectivity index (χ1n) is 6.90. The average Bonchev–Trinajstić information content (AvgIpc) is 2.81. The molecule has 2 rings (SSSR count). The molecule has 1 aromatic carbocycles. The molecule has 22 heavy (non-hydrogen) atoms. The van der Waals surface area contributed by atoms with Crippen LogP contribution in [0.5, 0.6) is 5.75 Å². The molecule has 0 radical (unpaired) electrons. The van der Waals surface area contributed by atoms with Crippen molar-refractivity contribution < 1.29 is 14.3 Å². The summed E-state index contributed by atoms with van der Waals surface area (Å²) in [7, 11) is 0. The van der Waals surface area contributed by atoms with Gasteiger partial charge in [0, 0.05) is 17.7 Å². The van der Waals surface area contributed by atoms with Crippen molar-refractivity contribution >= 4 is 18.0 Å². The molecule has 1 aliphatic heterocycles. The van der Waals surface area contributed by atoms with Crippen molar-refractivity contribution in [2.45, 2.75) is 13.3 Å². The van der Waals surface area contributed by atoms with Crippen molar-refractivity contribution in [3.05, 3.63) is 42.1 Å². The molecule has 0 bridgehead atoms. The van der Waals surface area contributed by atoms with E-state index in [2.05, 4.69) is 28.0 Å². The Balaban J connectivity index is 1.91. The molecule has 1 aromatic rings. The predicted molar refractivity (Wildman–Crippen MR) is 81.9 cm³/mol. The van der Waals surface area contributed by atoms with Crippen LogP contribution in [-0.4, -0.2) is 24.6 Å². The van der Waals surface area contributed by atoms with Gasteiger partial charge in [-0.1, -0.05) is 18.7 Å². The molecular weight excluding hydrogens is 284 g/mol. The van der Waals surface area contributed by atoms with Crippen LogP contribution < -0.4 is 21.0 Å². The fourth-order valence-electron chi connectivity index (χ4n) is 1.97. The van der Waals surface area contributed by atoms with E-state index in [1.165, 1.54) is 6.21 Å². The Morgan fingerprint density at radius 1 is 1.45 bits per heavy atom. The molecule has 1 aliphatic rings. The molecule has 0 saturated carbocycles. The molecule has 0 aromatic heterocycles. The fraction of sp³-hybridized carbons (Fsp3) is 0.267. The van der Waals surface area contributed by atoms with Crippen molar-refractivity contribution in [3.63, 3.8) is 0 Å². The highest BCUT2D eigenvalue weighted by atomic mass is 16.5. The number of carbonyl (C=O) groups excluding carboxylic acids is 2. The van der Waals surface area contributed by atoms with Gasteiger partial charge in [0.1, 0.15) is 5.75 Å². The zero-order valence-corrected chi connectivity index (χ0v) is 12.3. The van der Waals surface area contributed by atoms with E-state index in [1.807, 2.05) is 31.2 Å². The van der Waals surface area contributed by atoms with E-state index < -0.39 is 5.92 Å². The Bertz CT molecular complexity index is 597. The first-order valence-corrected chi connectivity index (χ1v) is 6.90. The second-order valence-corrected chi connectivity index (χ2v) is 4.66. The Morgan fingerprint density at radius 3 is 2.91 bits per heavy atom. The number of hydrogen-bond acceptors (Lipinski definition) is 5. The minimum Gasteiger partial charge on any atom is -0.493 e. The Labute approximate surface area is 128 Å². The first-order chi connectivity index (χ1) is 10.6. The van der Waals surface area contributed by atoms with Crippen molar-refractivity contribution in [1.29, 1.82) is 0 Å². The Morgan fingerprint density at radius 2 is 2.23 bits per heavy atom. The van der Waals surface area contributed by atoms with Crippen LogP contribution in [0, 0.1) is 5.92 Å². The minimum atomic E-state index is -0.578. The third-order valence-corrected chi connectivity index (χ3v) is 3.08. The summed E-state index contributed by atoms with van der Waals surface area (Å²) >= 11 is 0. The smallest absolute Gasteiger partial charge is 0.247 e. The lowest BCUT2D eigenvalue weighted by Gasteiger charge is -2.07. The van der Waals surface area contributed by atoms with Gasteiger partial charge in [0.15, 0.2) is 0 Å². The van der Waals surface area contributed by atoms with Crippen LogP contribution in [0.1, 0.15) is 18.9 Å². The molecule has 1 saturated heterocycles. The summed E-state index contributed by atoms with van der Waals surface area (Å²) in [6.45, 7) is 6.11. The van der Waals surface area contributed by atoms with E-state index in [4.69, 9.17) is 4.74 Å². The lowest BCUT2D eigenvalue weighted by Crippen LogP contribution is -2.27. The number of rotatable bonds is 6. The summed E-state index contributed by atoms with van der Waals surface area (Å²) in [5, 5.41) is 3.89.